The van der Waals surface area contributed by atoms with Crippen LogP contribution in [0.4, 0.5) is 0 Å². The van der Waals surface area contributed by atoms with Gasteiger partial charge in [0.25, 0.3) is 0 Å². The van der Waals surface area contributed by atoms with Crippen LogP contribution >= 0.6 is 0 Å². The lowest BCUT2D eigenvalue weighted by Gasteiger charge is -2.06. The maximum absolute atomic E-state index is 8.45. The number of hydrogen-bond acceptors (Lipinski definition) is 3. The van der Waals surface area contributed by atoms with Crippen molar-refractivity contribution in [3.63, 3.8) is 0 Å². The maximum Gasteiger partial charge on any atom is 0.148 e. The van der Waals surface area contributed by atoms with E-state index >= 15 is 0 Å². The van der Waals surface area contributed by atoms with Crippen LogP contribution in [0.25, 0.3) is 0 Å². The Morgan fingerprint density at radius 2 is 2.30 bits per heavy atom. The Bertz CT molecular complexity index is 109. The van der Waals surface area contributed by atoms with E-state index in [0.29, 0.717) is 0 Å². The van der Waals surface area contributed by atoms with Crippen LogP contribution in [0, 0.1) is 11.3 Å². The van der Waals surface area contributed by atoms with Crippen molar-refractivity contribution in [3.8, 4) is 6.07 Å². The third-order valence-corrected chi connectivity index (χ3v) is 1.08. The van der Waals surface area contributed by atoms with Crippen molar-refractivity contribution in [1.29, 1.82) is 5.26 Å². The fourth-order valence-electron chi connectivity index (χ4n) is 0.598. The molecule has 0 rings (SSSR count). The van der Waals surface area contributed by atoms with Crippen molar-refractivity contribution in [2.24, 2.45) is 0 Å². The van der Waals surface area contributed by atoms with E-state index in [4.69, 9.17) is 10.00 Å². The van der Waals surface area contributed by atoms with Crippen molar-refractivity contribution in [3.05, 3.63) is 0 Å². The van der Waals surface area contributed by atoms with E-state index in [1.165, 1.54) is 0 Å². The largest absolute Gasteiger partial charge is 0.359 e. The maximum atomic E-state index is 8.45. The summed E-state index contributed by atoms with van der Waals surface area (Å²) in [6, 6.07) is 2.04. The summed E-state index contributed by atoms with van der Waals surface area (Å²) in [7, 11) is 1.54. The Morgan fingerprint density at radius 3 is 2.70 bits per heavy atom. The molecule has 3 heteroatoms. The highest BCUT2D eigenvalue weighted by molar-refractivity contribution is 4.82. The first kappa shape index (κ1) is 9.41. The van der Waals surface area contributed by atoms with Gasteiger partial charge < -0.3 is 9.47 Å². The van der Waals surface area contributed by atoms with Crippen LogP contribution in [0.2, 0.25) is 0 Å². The summed E-state index contributed by atoms with van der Waals surface area (Å²) < 4.78 is 9.64. The zero-order valence-corrected chi connectivity index (χ0v) is 6.46. The number of nitriles is 1. The summed E-state index contributed by atoms with van der Waals surface area (Å²) in [5.41, 5.74) is 0. The summed E-state index contributed by atoms with van der Waals surface area (Å²) >= 11 is 0. The summed E-state index contributed by atoms with van der Waals surface area (Å²) in [5, 5.41) is 8.45. The van der Waals surface area contributed by atoms with E-state index in [-0.39, 0.29) is 12.9 Å². The SMILES string of the molecule is CCCC(C#N)OCOC. The first-order valence-corrected chi connectivity index (χ1v) is 3.35. The Hall–Kier alpha value is -0.590. The molecule has 0 bridgehead atoms. The van der Waals surface area contributed by atoms with Gasteiger partial charge in [0, 0.05) is 7.11 Å². The van der Waals surface area contributed by atoms with E-state index in [1.807, 2.05) is 13.0 Å². The highest BCUT2D eigenvalue weighted by Crippen LogP contribution is 1.99. The minimum atomic E-state index is -0.301. The van der Waals surface area contributed by atoms with Gasteiger partial charge in [0.2, 0.25) is 0 Å². The summed E-state index contributed by atoms with van der Waals surface area (Å²) in [4.78, 5) is 0. The molecule has 0 amide bonds. The van der Waals surface area contributed by atoms with Gasteiger partial charge in [-0.3, -0.25) is 0 Å². The lowest BCUT2D eigenvalue weighted by molar-refractivity contribution is -0.0550. The van der Waals surface area contributed by atoms with Gasteiger partial charge in [-0.2, -0.15) is 5.26 Å². The quantitative estimate of drug-likeness (QED) is 0.545. The normalized spacial score (nSPS) is 12.5. The smallest absolute Gasteiger partial charge is 0.148 e. The van der Waals surface area contributed by atoms with Crippen molar-refractivity contribution in [1.82, 2.24) is 0 Å². The molecule has 1 unspecified atom stereocenters. The Kier molecular flexibility index (Phi) is 6.14. The minimum absolute atomic E-state index is 0.207. The van der Waals surface area contributed by atoms with Crippen molar-refractivity contribution in [2.75, 3.05) is 13.9 Å². The molecule has 0 radical (unpaired) electrons. The molecule has 10 heavy (non-hydrogen) atoms. The molecule has 0 aliphatic heterocycles. The topological polar surface area (TPSA) is 42.2 Å². The Labute approximate surface area is 61.5 Å². The zero-order chi connectivity index (χ0) is 7.82. The van der Waals surface area contributed by atoms with Crippen molar-refractivity contribution in [2.45, 2.75) is 25.9 Å². The third-order valence-electron chi connectivity index (χ3n) is 1.08. The third kappa shape index (κ3) is 4.30. The molecule has 3 nitrogen and oxygen atoms in total. The lowest BCUT2D eigenvalue weighted by atomic mass is 10.2. The van der Waals surface area contributed by atoms with E-state index in [9.17, 15) is 0 Å². The first-order chi connectivity index (χ1) is 4.85. The van der Waals surface area contributed by atoms with Crippen LogP contribution in [-0.2, 0) is 9.47 Å². The van der Waals surface area contributed by atoms with Gasteiger partial charge in [0.1, 0.15) is 12.9 Å². The van der Waals surface area contributed by atoms with Crippen LogP contribution in [0.3, 0.4) is 0 Å². The molecular weight excluding hydrogens is 130 g/mol. The highest BCUT2D eigenvalue weighted by Gasteiger charge is 2.03. The molecule has 0 N–H and O–H groups in total. The van der Waals surface area contributed by atoms with Gasteiger partial charge in [0.15, 0.2) is 0 Å². The number of nitrogens with zero attached hydrogens (tertiary/aromatic N) is 1. The van der Waals surface area contributed by atoms with Crippen molar-refractivity contribution >= 4 is 0 Å². The molecule has 1 atom stereocenters. The van der Waals surface area contributed by atoms with Crippen LogP contribution in [0.1, 0.15) is 19.8 Å². The molecule has 0 saturated heterocycles. The molecule has 0 aliphatic rings. The van der Waals surface area contributed by atoms with Gasteiger partial charge in [-0.15, -0.1) is 0 Å². The van der Waals surface area contributed by atoms with Crippen LogP contribution in [0.5, 0.6) is 0 Å². The van der Waals surface area contributed by atoms with Crippen LogP contribution in [-0.4, -0.2) is 20.0 Å². The number of ether oxygens (including phenoxy) is 2. The average molecular weight is 143 g/mol. The number of methoxy groups -OCH3 is 1. The molecule has 0 saturated carbocycles. The van der Waals surface area contributed by atoms with Crippen LogP contribution < -0.4 is 0 Å². The lowest BCUT2D eigenvalue weighted by Crippen LogP contribution is -2.11. The molecule has 0 aromatic carbocycles. The fourth-order valence-corrected chi connectivity index (χ4v) is 0.598. The number of rotatable bonds is 5. The molecule has 0 aliphatic carbocycles. The van der Waals surface area contributed by atoms with Gasteiger partial charge in [0.05, 0.1) is 6.07 Å². The molecule has 0 aromatic heterocycles. The van der Waals surface area contributed by atoms with Crippen molar-refractivity contribution < 1.29 is 9.47 Å². The first-order valence-electron chi connectivity index (χ1n) is 3.35. The average Bonchev–Trinajstić information content (AvgIpc) is 1.98. The monoisotopic (exact) mass is 143 g/mol. The Balaban J connectivity index is 3.33. The fraction of sp³-hybridized carbons (Fsp3) is 0.857. The summed E-state index contributed by atoms with van der Waals surface area (Å²) in [6.45, 7) is 2.22. The second-order valence-electron chi connectivity index (χ2n) is 1.98. The Morgan fingerprint density at radius 1 is 1.60 bits per heavy atom. The standard InChI is InChI=1S/C7H13NO2/c1-3-4-7(5-8)10-6-9-2/h7H,3-4,6H2,1-2H3. The van der Waals surface area contributed by atoms with Gasteiger partial charge in [-0.25, -0.2) is 0 Å². The molecule has 0 fully saturated rings. The summed E-state index contributed by atoms with van der Waals surface area (Å²) in [5.74, 6) is 0. The minimum Gasteiger partial charge on any atom is -0.359 e. The summed E-state index contributed by atoms with van der Waals surface area (Å²) in [6.07, 6.45) is 1.44. The van der Waals surface area contributed by atoms with E-state index in [1.54, 1.807) is 7.11 Å². The highest BCUT2D eigenvalue weighted by atomic mass is 16.7. The molecule has 0 aromatic rings. The molecule has 0 heterocycles. The predicted molar refractivity (Wildman–Crippen MR) is 37.3 cm³/mol. The van der Waals surface area contributed by atoms with Gasteiger partial charge in [-0.05, 0) is 6.42 Å². The van der Waals surface area contributed by atoms with Gasteiger partial charge in [-0.1, -0.05) is 13.3 Å². The molecular formula is C7H13NO2. The second kappa shape index (κ2) is 6.53. The predicted octanol–water partition coefficient (Wildman–Crippen LogP) is 1.30. The van der Waals surface area contributed by atoms with E-state index in [2.05, 4.69) is 4.74 Å². The van der Waals surface area contributed by atoms with Gasteiger partial charge >= 0.3 is 0 Å². The zero-order valence-electron chi connectivity index (χ0n) is 6.46. The van der Waals surface area contributed by atoms with Crippen LogP contribution in [0.15, 0.2) is 0 Å². The van der Waals surface area contributed by atoms with E-state index < -0.39 is 0 Å². The molecule has 0 spiro atoms. The number of hydrogen-bond donors (Lipinski definition) is 0. The van der Waals surface area contributed by atoms with E-state index in [0.717, 1.165) is 12.8 Å². The molecule has 58 valence electrons. The second-order valence-corrected chi connectivity index (χ2v) is 1.98.